The molecule has 1 unspecified atom stereocenters. The SMILES string of the molecule is CN1C(=O)CCc2cc(C3COCC(C)(C)N3)ccc21. The number of hydrogen-bond acceptors (Lipinski definition) is 3. The van der Waals surface area contributed by atoms with Crippen LogP contribution in [0, 0.1) is 0 Å². The summed E-state index contributed by atoms with van der Waals surface area (Å²) in [5, 5.41) is 3.63. The Morgan fingerprint density at radius 2 is 2.15 bits per heavy atom. The Balaban J connectivity index is 1.87. The van der Waals surface area contributed by atoms with E-state index < -0.39 is 0 Å². The summed E-state index contributed by atoms with van der Waals surface area (Å²) < 4.78 is 5.71. The number of hydrogen-bond donors (Lipinski definition) is 1. The number of amides is 1. The summed E-state index contributed by atoms with van der Waals surface area (Å²) in [6, 6.07) is 6.62. The normalized spacial score (nSPS) is 25.4. The van der Waals surface area contributed by atoms with Crippen molar-refractivity contribution in [3.05, 3.63) is 29.3 Å². The third-order valence-corrected chi connectivity index (χ3v) is 4.16. The van der Waals surface area contributed by atoms with Gasteiger partial charge in [0.15, 0.2) is 0 Å². The van der Waals surface area contributed by atoms with Gasteiger partial charge in [-0.3, -0.25) is 4.79 Å². The van der Waals surface area contributed by atoms with Gasteiger partial charge in [0.1, 0.15) is 0 Å². The second kappa shape index (κ2) is 4.86. The number of ether oxygens (including phenoxy) is 1. The fourth-order valence-corrected chi connectivity index (χ4v) is 3.06. The first-order valence-electron chi connectivity index (χ1n) is 7.21. The van der Waals surface area contributed by atoms with Crippen molar-refractivity contribution in [2.75, 3.05) is 25.2 Å². The molecule has 108 valence electrons. The topological polar surface area (TPSA) is 41.6 Å². The van der Waals surface area contributed by atoms with Gasteiger partial charge in [0.05, 0.1) is 19.3 Å². The van der Waals surface area contributed by atoms with Crippen LogP contribution in [0.2, 0.25) is 0 Å². The van der Waals surface area contributed by atoms with Gasteiger partial charge >= 0.3 is 0 Å². The maximum absolute atomic E-state index is 11.7. The summed E-state index contributed by atoms with van der Waals surface area (Å²) in [5.74, 6) is 0.200. The molecule has 3 rings (SSSR count). The van der Waals surface area contributed by atoms with Crippen molar-refractivity contribution in [3.63, 3.8) is 0 Å². The van der Waals surface area contributed by atoms with Crippen LogP contribution in [-0.4, -0.2) is 31.7 Å². The minimum atomic E-state index is 0.00553. The lowest BCUT2D eigenvalue weighted by Crippen LogP contribution is -2.51. The zero-order valence-electron chi connectivity index (χ0n) is 12.4. The average Bonchev–Trinajstić information content (AvgIpc) is 2.41. The highest BCUT2D eigenvalue weighted by atomic mass is 16.5. The molecule has 1 saturated heterocycles. The van der Waals surface area contributed by atoms with Crippen molar-refractivity contribution in [2.24, 2.45) is 0 Å². The Morgan fingerprint density at radius 3 is 2.90 bits per heavy atom. The fraction of sp³-hybridized carbons (Fsp3) is 0.562. The van der Waals surface area contributed by atoms with E-state index >= 15 is 0 Å². The van der Waals surface area contributed by atoms with E-state index in [0.717, 1.165) is 18.7 Å². The average molecular weight is 274 g/mol. The molecular weight excluding hydrogens is 252 g/mol. The van der Waals surface area contributed by atoms with Gasteiger partial charge in [0.2, 0.25) is 5.91 Å². The Kier molecular flexibility index (Phi) is 3.30. The molecule has 1 N–H and O–H groups in total. The molecule has 20 heavy (non-hydrogen) atoms. The van der Waals surface area contributed by atoms with E-state index in [1.165, 1.54) is 11.1 Å². The number of carbonyl (C=O) groups excluding carboxylic acids is 1. The van der Waals surface area contributed by atoms with E-state index in [4.69, 9.17) is 4.74 Å². The lowest BCUT2D eigenvalue weighted by Gasteiger charge is -2.37. The van der Waals surface area contributed by atoms with Crippen LogP contribution in [0.15, 0.2) is 18.2 Å². The number of carbonyl (C=O) groups is 1. The largest absolute Gasteiger partial charge is 0.378 e. The number of nitrogens with one attached hydrogen (secondary N) is 1. The third-order valence-electron chi connectivity index (χ3n) is 4.16. The maximum atomic E-state index is 11.7. The molecule has 4 nitrogen and oxygen atoms in total. The summed E-state index contributed by atoms with van der Waals surface area (Å²) in [6.07, 6.45) is 1.44. The number of nitrogens with zero attached hydrogens (tertiary/aromatic N) is 1. The van der Waals surface area contributed by atoms with Crippen molar-refractivity contribution in [3.8, 4) is 0 Å². The summed E-state index contributed by atoms with van der Waals surface area (Å²) in [7, 11) is 1.85. The van der Waals surface area contributed by atoms with Crippen molar-refractivity contribution in [1.82, 2.24) is 5.32 Å². The van der Waals surface area contributed by atoms with Crippen molar-refractivity contribution in [1.29, 1.82) is 0 Å². The Morgan fingerprint density at radius 1 is 1.35 bits per heavy atom. The standard InChI is InChI=1S/C16H22N2O2/c1-16(2)10-20-9-13(17-16)11-4-6-14-12(8-11)5-7-15(19)18(14)3/h4,6,8,13,17H,5,7,9-10H2,1-3H3. The fourth-order valence-electron chi connectivity index (χ4n) is 3.06. The molecule has 1 atom stereocenters. The van der Waals surface area contributed by atoms with Gasteiger partial charge in [-0.1, -0.05) is 12.1 Å². The van der Waals surface area contributed by atoms with Gasteiger partial charge in [-0.05, 0) is 37.5 Å². The van der Waals surface area contributed by atoms with Crippen LogP contribution >= 0.6 is 0 Å². The Labute approximate surface area is 120 Å². The van der Waals surface area contributed by atoms with Gasteiger partial charge in [-0.25, -0.2) is 0 Å². The molecule has 1 aromatic carbocycles. The van der Waals surface area contributed by atoms with Gasteiger partial charge in [0.25, 0.3) is 0 Å². The van der Waals surface area contributed by atoms with Crippen LogP contribution in [0.5, 0.6) is 0 Å². The summed E-state index contributed by atoms with van der Waals surface area (Å²) >= 11 is 0. The molecule has 0 aromatic heterocycles. The predicted molar refractivity (Wildman–Crippen MR) is 78.9 cm³/mol. The lowest BCUT2D eigenvalue weighted by molar-refractivity contribution is -0.118. The van der Waals surface area contributed by atoms with E-state index in [1.54, 1.807) is 4.90 Å². The maximum Gasteiger partial charge on any atom is 0.227 e. The number of rotatable bonds is 1. The molecule has 0 radical (unpaired) electrons. The highest BCUT2D eigenvalue weighted by Gasteiger charge is 2.29. The summed E-state index contributed by atoms with van der Waals surface area (Å²) in [4.78, 5) is 13.5. The van der Waals surface area contributed by atoms with E-state index in [9.17, 15) is 4.79 Å². The molecular formula is C16H22N2O2. The first kappa shape index (κ1) is 13.6. The van der Waals surface area contributed by atoms with Crippen LogP contribution < -0.4 is 10.2 Å². The highest BCUT2D eigenvalue weighted by Crippen LogP contribution is 2.31. The van der Waals surface area contributed by atoms with E-state index in [2.05, 4.69) is 37.4 Å². The van der Waals surface area contributed by atoms with Gasteiger partial charge in [-0.15, -0.1) is 0 Å². The molecule has 1 amide bonds. The van der Waals surface area contributed by atoms with Crippen LogP contribution in [0.1, 0.15) is 37.4 Å². The smallest absolute Gasteiger partial charge is 0.227 e. The zero-order chi connectivity index (χ0) is 14.3. The second-order valence-electron chi connectivity index (χ2n) is 6.44. The van der Waals surface area contributed by atoms with Crippen molar-refractivity contribution < 1.29 is 9.53 Å². The van der Waals surface area contributed by atoms with Crippen LogP contribution in [-0.2, 0) is 16.0 Å². The molecule has 0 saturated carbocycles. The van der Waals surface area contributed by atoms with Gasteiger partial charge in [-0.2, -0.15) is 0 Å². The highest BCUT2D eigenvalue weighted by molar-refractivity contribution is 5.95. The number of benzene rings is 1. The molecule has 0 aliphatic carbocycles. The lowest BCUT2D eigenvalue weighted by atomic mass is 9.94. The second-order valence-corrected chi connectivity index (χ2v) is 6.44. The van der Waals surface area contributed by atoms with Crippen LogP contribution in [0.3, 0.4) is 0 Å². The minimum absolute atomic E-state index is 0.00553. The number of anilines is 1. The quantitative estimate of drug-likeness (QED) is 0.852. The molecule has 2 aliphatic heterocycles. The van der Waals surface area contributed by atoms with Crippen LogP contribution in [0.25, 0.3) is 0 Å². The summed E-state index contributed by atoms with van der Waals surface area (Å²) in [5.41, 5.74) is 3.56. The Bertz CT molecular complexity index is 539. The predicted octanol–water partition coefficient (Wildman–Crippen LogP) is 2.04. The van der Waals surface area contributed by atoms with Gasteiger partial charge in [0, 0.05) is 24.7 Å². The monoisotopic (exact) mass is 274 g/mol. The minimum Gasteiger partial charge on any atom is -0.378 e. The van der Waals surface area contributed by atoms with E-state index in [-0.39, 0.29) is 17.5 Å². The van der Waals surface area contributed by atoms with Crippen LogP contribution in [0.4, 0.5) is 5.69 Å². The van der Waals surface area contributed by atoms with Crippen molar-refractivity contribution in [2.45, 2.75) is 38.3 Å². The molecule has 0 bridgehead atoms. The van der Waals surface area contributed by atoms with E-state index in [1.807, 2.05) is 7.05 Å². The molecule has 4 heteroatoms. The third kappa shape index (κ3) is 2.45. The molecule has 2 aliphatic rings. The van der Waals surface area contributed by atoms with Gasteiger partial charge < -0.3 is 15.0 Å². The molecule has 1 fully saturated rings. The first-order valence-corrected chi connectivity index (χ1v) is 7.21. The van der Waals surface area contributed by atoms with E-state index in [0.29, 0.717) is 13.0 Å². The molecule has 0 spiro atoms. The molecule has 2 heterocycles. The van der Waals surface area contributed by atoms with Crippen molar-refractivity contribution >= 4 is 11.6 Å². The first-order chi connectivity index (χ1) is 9.46. The zero-order valence-corrected chi connectivity index (χ0v) is 12.4. The number of aryl methyl sites for hydroxylation is 1. The number of morpholine rings is 1. The summed E-state index contributed by atoms with van der Waals surface area (Å²) in [6.45, 7) is 5.76. The molecule has 1 aromatic rings. The Hall–Kier alpha value is -1.39. The number of fused-ring (bicyclic) bond motifs is 1.